The second-order valence-corrected chi connectivity index (χ2v) is 10.9. The number of fused-ring (bicyclic) bond motifs is 2. The van der Waals surface area contributed by atoms with Crippen molar-refractivity contribution in [3.05, 3.63) is 66.2 Å². The van der Waals surface area contributed by atoms with Crippen molar-refractivity contribution in [1.82, 2.24) is 15.1 Å². The van der Waals surface area contributed by atoms with Crippen molar-refractivity contribution in [3.63, 3.8) is 0 Å². The van der Waals surface area contributed by atoms with E-state index in [1.54, 1.807) is 42.0 Å². The number of nitrogens with one attached hydrogen (secondary N) is 3. The third-order valence-electron chi connectivity index (χ3n) is 7.17. The van der Waals surface area contributed by atoms with Crippen molar-refractivity contribution in [2.75, 3.05) is 37.4 Å². The van der Waals surface area contributed by atoms with Crippen LogP contribution in [0.1, 0.15) is 38.1 Å². The van der Waals surface area contributed by atoms with Gasteiger partial charge in [-0.15, -0.1) is 0 Å². The molecule has 0 unspecified atom stereocenters. The van der Waals surface area contributed by atoms with Crippen LogP contribution in [-0.2, 0) is 0 Å². The monoisotopic (exact) mass is 561 g/mol. The maximum Gasteiger partial charge on any atom is 0.321 e. The fourth-order valence-electron chi connectivity index (χ4n) is 4.85. The summed E-state index contributed by atoms with van der Waals surface area (Å²) in [6, 6.07) is 17.4. The predicted molar refractivity (Wildman–Crippen MR) is 160 cm³/mol. The number of ether oxygens (including phenoxy) is 1. The van der Waals surface area contributed by atoms with Gasteiger partial charge >= 0.3 is 12.1 Å². The Morgan fingerprint density at radius 1 is 1.07 bits per heavy atom. The van der Waals surface area contributed by atoms with E-state index in [1.807, 2.05) is 63.2 Å². The molecule has 0 aliphatic carbocycles. The molecule has 0 radical (unpaired) electrons. The van der Waals surface area contributed by atoms with E-state index >= 15 is 0 Å². The van der Waals surface area contributed by atoms with E-state index in [4.69, 9.17) is 4.74 Å². The first-order valence-corrected chi connectivity index (χ1v) is 13.9. The fourth-order valence-corrected chi connectivity index (χ4v) is 4.85. The van der Waals surface area contributed by atoms with Crippen molar-refractivity contribution in [2.45, 2.75) is 45.9 Å². The normalized spacial score (nSPS) is 17.6. The number of hydrogen-bond acceptors (Lipinski definition) is 5. The number of carbonyl (C=O) groups excluding carboxylic acids is 3. The van der Waals surface area contributed by atoms with Crippen molar-refractivity contribution in [1.29, 1.82) is 0 Å². The highest BCUT2D eigenvalue weighted by Crippen LogP contribution is 2.31. The van der Waals surface area contributed by atoms with E-state index < -0.39 is 12.1 Å². The highest BCUT2D eigenvalue weighted by molar-refractivity contribution is 6.02. The zero-order valence-electron chi connectivity index (χ0n) is 24.2. The van der Waals surface area contributed by atoms with Crippen LogP contribution in [0.4, 0.5) is 21.0 Å². The molecule has 0 saturated heterocycles. The lowest BCUT2D eigenvalue weighted by Crippen LogP contribution is -2.50. The van der Waals surface area contributed by atoms with Gasteiger partial charge < -0.3 is 35.6 Å². The molecule has 218 valence electrons. The highest BCUT2D eigenvalue weighted by Gasteiger charge is 2.34. The number of likely N-dealkylation sites (N-methyl/N-ethyl adjacent to an activating group) is 1. The van der Waals surface area contributed by atoms with Gasteiger partial charge in [-0.2, -0.15) is 0 Å². The molecule has 0 spiro atoms. The molecule has 1 aliphatic rings. The Morgan fingerprint density at radius 3 is 2.54 bits per heavy atom. The van der Waals surface area contributed by atoms with E-state index in [1.165, 1.54) is 0 Å². The molecular weight excluding hydrogens is 522 g/mol. The summed E-state index contributed by atoms with van der Waals surface area (Å²) < 4.78 is 6.39. The van der Waals surface area contributed by atoms with Gasteiger partial charge in [0.05, 0.1) is 30.4 Å². The number of nitrogens with zero attached hydrogens (tertiary/aromatic N) is 2. The lowest BCUT2D eigenvalue weighted by atomic mass is 9.99. The van der Waals surface area contributed by atoms with Crippen LogP contribution >= 0.6 is 0 Å². The number of amides is 5. The van der Waals surface area contributed by atoms with E-state index in [-0.39, 0.29) is 48.6 Å². The van der Waals surface area contributed by atoms with E-state index in [0.29, 0.717) is 23.7 Å². The average Bonchev–Trinajstić information content (AvgIpc) is 2.94. The average molecular weight is 562 g/mol. The third kappa shape index (κ3) is 7.07. The molecule has 5 amide bonds. The molecule has 4 N–H and O–H groups in total. The Labute approximate surface area is 240 Å². The van der Waals surface area contributed by atoms with E-state index in [2.05, 4.69) is 16.0 Å². The second-order valence-electron chi connectivity index (χ2n) is 10.9. The van der Waals surface area contributed by atoms with Crippen LogP contribution in [0, 0.1) is 5.92 Å². The molecular formula is C31H39N5O5. The fraction of sp³-hybridized carbons (Fsp3) is 0.387. The summed E-state index contributed by atoms with van der Waals surface area (Å²) in [6.07, 6.45) is -0.457. The van der Waals surface area contributed by atoms with Crippen LogP contribution in [0.2, 0.25) is 0 Å². The lowest BCUT2D eigenvalue weighted by Gasteiger charge is -2.38. The zero-order valence-corrected chi connectivity index (χ0v) is 24.2. The van der Waals surface area contributed by atoms with Crippen LogP contribution in [-0.4, -0.2) is 77.8 Å². The molecule has 3 atom stereocenters. The Balaban J connectivity index is 1.57. The number of benzene rings is 3. The van der Waals surface area contributed by atoms with Gasteiger partial charge in [0.15, 0.2) is 0 Å². The summed E-state index contributed by atoms with van der Waals surface area (Å²) in [7, 11) is 1.70. The lowest BCUT2D eigenvalue weighted by molar-refractivity contribution is 0.0371. The summed E-state index contributed by atoms with van der Waals surface area (Å²) in [5, 5.41) is 20.4. The second kappa shape index (κ2) is 12.9. The van der Waals surface area contributed by atoms with Crippen molar-refractivity contribution < 1.29 is 24.2 Å². The molecule has 3 aromatic rings. The molecule has 1 heterocycles. The number of hydrogen-bond donors (Lipinski definition) is 4. The van der Waals surface area contributed by atoms with Crippen LogP contribution in [0.25, 0.3) is 10.8 Å². The number of aliphatic hydroxyl groups excluding tert-OH is 1. The minimum atomic E-state index is -0.457. The molecule has 41 heavy (non-hydrogen) atoms. The van der Waals surface area contributed by atoms with Gasteiger partial charge in [-0.05, 0) is 50.4 Å². The number of urea groups is 2. The summed E-state index contributed by atoms with van der Waals surface area (Å²) in [5.41, 5.74) is 1.42. The van der Waals surface area contributed by atoms with Gasteiger partial charge in [0.2, 0.25) is 0 Å². The molecule has 0 bridgehead atoms. The van der Waals surface area contributed by atoms with E-state index in [0.717, 1.165) is 10.8 Å². The maximum absolute atomic E-state index is 13.6. The van der Waals surface area contributed by atoms with Gasteiger partial charge in [0.1, 0.15) is 11.9 Å². The minimum Gasteiger partial charge on any atom is -0.487 e. The topological polar surface area (TPSA) is 123 Å². The van der Waals surface area contributed by atoms with Gasteiger partial charge in [-0.25, -0.2) is 9.59 Å². The molecule has 4 rings (SSSR count). The summed E-state index contributed by atoms with van der Waals surface area (Å²) >= 11 is 0. The predicted octanol–water partition coefficient (Wildman–Crippen LogP) is 4.75. The van der Waals surface area contributed by atoms with Gasteiger partial charge in [-0.3, -0.25) is 4.79 Å². The molecule has 10 nitrogen and oxygen atoms in total. The highest BCUT2D eigenvalue weighted by atomic mass is 16.5. The molecule has 0 fully saturated rings. The summed E-state index contributed by atoms with van der Waals surface area (Å²) in [5.74, 6) is -0.121. The first kappa shape index (κ1) is 29.7. The van der Waals surface area contributed by atoms with E-state index in [9.17, 15) is 19.5 Å². The van der Waals surface area contributed by atoms with Crippen LogP contribution in [0.3, 0.4) is 0 Å². The first-order valence-electron chi connectivity index (χ1n) is 13.9. The van der Waals surface area contributed by atoms with Crippen molar-refractivity contribution in [2.24, 2.45) is 5.92 Å². The van der Waals surface area contributed by atoms with Crippen molar-refractivity contribution >= 4 is 40.1 Å². The smallest absolute Gasteiger partial charge is 0.321 e. The Kier molecular flexibility index (Phi) is 9.34. The minimum absolute atomic E-state index is 0.0535. The van der Waals surface area contributed by atoms with Crippen LogP contribution < -0.4 is 20.7 Å². The summed E-state index contributed by atoms with van der Waals surface area (Å²) in [6.45, 7) is 7.81. The van der Waals surface area contributed by atoms with Crippen LogP contribution in [0.5, 0.6) is 5.75 Å². The molecule has 1 aliphatic heterocycles. The third-order valence-corrected chi connectivity index (χ3v) is 7.17. The molecule has 0 saturated carbocycles. The molecule has 10 heteroatoms. The number of rotatable bonds is 7. The van der Waals surface area contributed by atoms with Gasteiger partial charge in [0, 0.05) is 36.6 Å². The molecule has 3 aromatic carbocycles. The zero-order chi connectivity index (χ0) is 29.7. The Bertz CT molecular complexity index is 1410. The molecule has 0 aromatic heterocycles. The summed E-state index contributed by atoms with van der Waals surface area (Å²) in [4.78, 5) is 42.3. The number of carbonyl (C=O) groups is 3. The Hall–Kier alpha value is -4.31. The SMILES string of the molecule is CC(C)NC(=O)Nc1ccc2c(c1)C(=O)N([C@H](C)CO)C[C@@H](C)[C@@H](CN(C)C(=O)Nc1cccc3ccccc13)O2. The van der Waals surface area contributed by atoms with Gasteiger partial charge in [-0.1, -0.05) is 43.3 Å². The number of aliphatic hydroxyl groups is 1. The van der Waals surface area contributed by atoms with Crippen LogP contribution in [0.15, 0.2) is 60.7 Å². The standard InChI is InChI=1S/C31H39N5O5/c1-19(2)32-30(39)33-23-13-14-27-25(15-23)29(38)36(21(4)18-37)16-20(3)28(41-27)17-35(5)31(40)34-26-12-8-10-22-9-6-7-11-24(22)26/h6-15,19-21,28,37H,16-18H2,1-5H3,(H,34,40)(H2,32,33,39)/t20-,21-,28-/m1/s1. The van der Waals surface area contributed by atoms with Crippen molar-refractivity contribution in [3.8, 4) is 5.75 Å². The Morgan fingerprint density at radius 2 is 1.80 bits per heavy atom. The van der Waals surface area contributed by atoms with Gasteiger partial charge in [0.25, 0.3) is 5.91 Å². The largest absolute Gasteiger partial charge is 0.487 e. The quantitative estimate of drug-likeness (QED) is 0.331. The first-order chi connectivity index (χ1) is 19.6. The maximum atomic E-state index is 13.6. The number of anilines is 2.